The van der Waals surface area contributed by atoms with Crippen molar-refractivity contribution in [2.24, 2.45) is 0 Å². The maximum Gasteiger partial charge on any atom is 0.311 e. The van der Waals surface area contributed by atoms with E-state index >= 15 is 0 Å². The van der Waals surface area contributed by atoms with Gasteiger partial charge >= 0.3 is 5.69 Å². The number of rotatable bonds is 4. The van der Waals surface area contributed by atoms with Gasteiger partial charge in [0, 0.05) is 30.7 Å². The zero-order valence-corrected chi connectivity index (χ0v) is 12.9. The SMILES string of the molecule is CNC(=O)c1ccc(Oc2cc3c(cc2[N+](=O)[O-])CCC3=O)cc1. The molecule has 0 atom stereocenters. The Morgan fingerprint density at radius 3 is 2.54 bits per heavy atom. The van der Waals surface area contributed by atoms with Crippen molar-refractivity contribution in [3.8, 4) is 11.5 Å². The highest BCUT2D eigenvalue weighted by Crippen LogP contribution is 2.37. The average Bonchev–Trinajstić information content (AvgIpc) is 2.94. The molecule has 2 aromatic carbocycles. The number of fused-ring (bicyclic) bond motifs is 1. The van der Waals surface area contributed by atoms with Gasteiger partial charge in [0.25, 0.3) is 5.91 Å². The molecule has 0 aromatic heterocycles. The van der Waals surface area contributed by atoms with Crippen LogP contribution in [0.3, 0.4) is 0 Å². The number of nitrogens with zero attached hydrogens (tertiary/aromatic N) is 1. The van der Waals surface area contributed by atoms with Gasteiger partial charge in [-0.15, -0.1) is 0 Å². The Morgan fingerprint density at radius 2 is 1.92 bits per heavy atom. The molecule has 0 radical (unpaired) electrons. The number of benzene rings is 2. The topological polar surface area (TPSA) is 98.5 Å². The van der Waals surface area contributed by atoms with Crippen LogP contribution in [0, 0.1) is 10.1 Å². The summed E-state index contributed by atoms with van der Waals surface area (Å²) in [6.45, 7) is 0. The van der Waals surface area contributed by atoms with Crippen molar-refractivity contribution in [2.45, 2.75) is 12.8 Å². The zero-order chi connectivity index (χ0) is 17.3. The lowest BCUT2D eigenvalue weighted by Gasteiger charge is -2.09. The molecule has 0 saturated carbocycles. The first-order chi connectivity index (χ1) is 11.5. The van der Waals surface area contributed by atoms with E-state index in [1.165, 1.54) is 19.2 Å². The summed E-state index contributed by atoms with van der Waals surface area (Å²) in [5.41, 5.74) is 1.41. The van der Waals surface area contributed by atoms with Gasteiger partial charge < -0.3 is 10.1 Å². The van der Waals surface area contributed by atoms with E-state index in [4.69, 9.17) is 4.74 Å². The number of nitrogens with one attached hydrogen (secondary N) is 1. The van der Waals surface area contributed by atoms with Crippen molar-refractivity contribution in [1.82, 2.24) is 5.32 Å². The summed E-state index contributed by atoms with van der Waals surface area (Å²) >= 11 is 0. The average molecular weight is 326 g/mol. The fourth-order valence-corrected chi connectivity index (χ4v) is 2.63. The Morgan fingerprint density at radius 1 is 1.21 bits per heavy atom. The second-order valence-electron chi connectivity index (χ2n) is 5.36. The predicted molar refractivity (Wildman–Crippen MR) is 85.7 cm³/mol. The van der Waals surface area contributed by atoms with Gasteiger partial charge in [0.2, 0.25) is 5.75 Å². The van der Waals surface area contributed by atoms with E-state index in [-0.39, 0.29) is 23.1 Å². The van der Waals surface area contributed by atoms with Gasteiger partial charge in [-0.1, -0.05) is 0 Å². The van der Waals surface area contributed by atoms with Crippen molar-refractivity contribution < 1.29 is 19.2 Å². The number of Topliss-reactive ketones (excluding diaryl/α,β-unsaturated/α-hetero) is 1. The highest BCUT2D eigenvalue weighted by atomic mass is 16.6. The summed E-state index contributed by atoms with van der Waals surface area (Å²) in [6, 6.07) is 9.02. The molecule has 24 heavy (non-hydrogen) atoms. The number of carbonyl (C=O) groups is 2. The molecular weight excluding hydrogens is 312 g/mol. The van der Waals surface area contributed by atoms with Crippen LogP contribution in [0.4, 0.5) is 5.69 Å². The molecule has 122 valence electrons. The number of amides is 1. The first kappa shape index (κ1) is 15.7. The highest BCUT2D eigenvalue weighted by Gasteiger charge is 2.27. The van der Waals surface area contributed by atoms with Crippen molar-refractivity contribution in [3.63, 3.8) is 0 Å². The molecule has 0 unspecified atom stereocenters. The van der Waals surface area contributed by atoms with Gasteiger partial charge in [-0.3, -0.25) is 19.7 Å². The van der Waals surface area contributed by atoms with Crippen LogP contribution in [0.5, 0.6) is 11.5 Å². The van der Waals surface area contributed by atoms with E-state index in [0.717, 1.165) is 0 Å². The van der Waals surface area contributed by atoms with E-state index in [2.05, 4.69) is 5.32 Å². The van der Waals surface area contributed by atoms with Crippen molar-refractivity contribution in [3.05, 3.63) is 63.2 Å². The first-order valence-electron chi connectivity index (χ1n) is 7.34. The third-order valence-electron chi connectivity index (χ3n) is 3.87. The fraction of sp³-hybridized carbons (Fsp3) is 0.176. The molecule has 3 rings (SSSR count). The number of nitro benzene ring substituents is 1. The van der Waals surface area contributed by atoms with Crippen LogP contribution in [0.25, 0.3) is 0 Å². The molecule has 0 fully saturated rings. The Hall–Kier alpha value is -3.22. The number of hydrogen-bond acceptors (Lipinski definition) is 5. The summed E-state index contributed by atoms with van der Waals surface area (Å²) in [7, 11) is 1.53. The Balaban J connectivity index is 1.94. The van der Waals surface area contributed by atoms with Gasteiger partial charge in [-0.25, -0.2) is 0 Å². The molecular formula is C17H14N2O5. The molecule has 1 N–H and O–H groups in total. The quantitative estimate of drug-likeness (QED) is 0.688. The molecule has 0 saturated heterocycles. The summed E-state index contributed by atoms with van der Waals surface area (Å²) in [5, 5.41) is 13.8. The van der Waals surface area contributed by atoms with Gasteiger partial charge in [0.1, 0.15) is 5.75 Å². The molecule has 1 aliphatic rings. The number of carbonyl (C=O) groups excluding carboxylic acids is 2. The van der Waals surface area contributed by atoms with Crippen LogP contribution >= 0.6 is 0 Å². The predicted octanol–water partition coefficient (Wildman–Crippen LogP) is 2.88. The van der Waals surface area contributed by atoms with E-state index in [0.29, 0.717) is 35.3 Å². The van der Waals surface area contributed by atoms with E-state index in [9.17, 15) is 19.7 Å². The van der Waals surface area contributed by atoms with Crippen LogP contribution in [0.2, 0.25) is 0 Å². The third-order valence-corrected chi connectivity index (χ3v) is 3.87. The lowest BCUT2D eigenvalue weighted by atomic mass is 10.1. The van der Waals surface area contributed by atoms with E-state index < -0.39 is 4.92 Å². The minimum Gasteiger partial charge on any atom is -0.450 e. The summed E-state index contributed by atoms with van der Waals surface area (Å²) in [4.78, 5) is 34.1. The summed E-state index contributed by atoms with van der Waals surface area (Å²) in [5.74, 6) is 0.0770. The van der Waals surface area contributed by atoms with Gasteiger partial charge in [-0.05, 0) is 42.3 Å². The summed E-state index contributed by atoms with van der Waals surface area (Å²) in [6.07, 6.45) is 0.868. The number of nitro groups is 1. The molecule has 0 bridgehead atoms. The third kappa shape index (κ3) is 2.83. The monoisotopic (exact) mass is 326 g/mol. The number of aryl methyl sites for hydroxylation is 1. The number of hydrogen-bond donors (Lipinski definition) is 1. The van der Waals surface area contributed by atoms with Gasteiger partial charge in [-0.2, -0.15) is 0 Å². The first-order valence-corrected chi connectivity index (χ1v) is 7.34. The van der Waals surface area contributed by atoms with Gasteiger partial charge in [0.05, 0.1) is 4.92 Å². The zero-order valence-electron chi connectivity index (χ0n) is 12.9. The van der Waals surface area contributed by atoms with Crippen LogP contribution < -0.4 is 10.1 Å². The maximum atomic E-state index is 11.8. The Bertz CT molecular complexity index is 843. The van der Waals surface area contributed by atoms with E-state index in [1.807, 2.05) is 0 Å². The fourth-order valence-electron chi connectivity index (χ4n) is 2.63. The lowest BCUT2D eigenvalue weighted by molar-refractivity contribution is -0.385. The molecule has 1 aliphatic carbocycles. The normalized spacial score (nSPS) is 12.6. The van der Waals surface area contributed by atoms with Crippen molar-refractivity contribution >= 4 is 17.4 Å². The molecule has 0 heterocycles. The number of ketones is 1. The maximum absolute atomic E-state index is 11.8. The van der Waals surface area contributed by atoms with Gasteiger partial charge in [0.15, 0.2) is 5.78 Å². The summed E-state index contributed by atoms with van der Waals surface area (Å²) < 4.78 is 5.59. The van der Waals surface area contributed by atoms with Crippen molar-refractivity contribution in [2.75, 3.05) is 7.05 Å². The minimum absolute atomic E-state index is 0.0155. The van der Waals surface area contributed by atoms with Crippen LogP contribution in [0.1, 0.15) is 32.7 Å². The Labute approximate surface area is 137 Å². The molecule has 2 aromatic rings. The van der Waals surface area contributed by atoms with E-state index in [1.54, 1.807) is 24.3 Å². The van der Waals surface area contributed by atoms with Crippen molar-refractivity contribution in [1.29, 1.82) is 0 Å². The highest BCUT2D eigenvalue weighted by molar-refractivity contribution is 6.01. The minimum atomic E-state index is -0.530. The number of ether oxygens (including phenoxy) is 1. The van der Waals surface area contributed by atoms with Crippen LogP contribution in [-0.2, 0) is 6.42 Å². The Kier molecular flexibility index (Phi) is 3.99. The largest absolute Gasteiger partial charge is 0.450 e. The molecule has 0 aliphatic heterocycles. The standard InChI is InChI=1S/C17H14N2O5/c1-18-17(21)10-2-5-12(6-3-10)24-16-9-13-11(4-7-15(13)20)8-14(16)19(22)23/h2-3,5-6,8-9H,4,7H2,1H3,(H,18,21). The molecule has 0 spiro atoms. The lowest BCUT2D eigenvalue weighted by Crippen LogP contribution is -2.17. The van der Waals surface area contributed by atoms with Crippen LogP contribution in [0.15, 0.2) is 36.4 Å². The molecule has 7 heteroatoms. The second-order valence-corrected chi connectivity index (χ2v) is 5.36. The molecule has 7 nitrogen and oxygen atoms in total. The smallest absolute Gasteiger partial charge is 0.311 e. The second kappa shape index (κ2) is 6.11. The molecule has 1 amide bonds. The van der Waals surface area contributed by atoms with Crippen LogP contribution in [-0.4, -0.2) is 23.7 Å².